The summed E-state index contributed by atoms with van der Waals surface area (Å²) in [5, 5.41) is 0. The van der Waals surface area contributed by atoms with Gasteiger partial charge in [0.1, 0.15) is 11.4 Å². The SMILES string of the molecule is CC(C)(C)OC(=O)CC1C=CC=CCC1=O. The summed E-state index contributed by atoms with van der Waals surface area (Å²) in [6, 6.07) is 0. The van der Waals surface area contributed by atoms with Crippen molar-refractivity contribution < 1.29 is 14.3 Å². The highest BCUT2D eigenvalue weighted by molar-refractivity contribution is 5.88. The highest BCUT2D eigenvalue weighted by atomic mass is 16.6. The fourth-order valence-corrected chi connectivity index (χ4v) is 1.46. The number of allylic oxidation sites excluding steroid dienone is 4. The predicted octanol–water partition coefficient (Wildman–Crippen LogP) is 2.42. The van der Waals surface area contributed by atoms with Crippen LogP contribution < -0.4 is 0 Å². The average molecular weight is 222 g/mol. The van der Waals surface area contributed by atoms with Gasteiger partial charge in [0.2, 0.25) is 0 Å². The van der Waals surface area contributed by atoms with Crippen molar-refractivity contribution in [3.63, 3.8) is 0 Å². The molecule has 1 aliphatic carbocycles. The zero-order chi connectivity index (χ0) is 12.2. The van der Waals surface area contributed by atoms with Crippen LogP contribution in [0.4, 0.5) is 0 Å². The molecule has 1 unspecified atom stereocenters. The first-order chi connectivity index (χ1) is 7.38. The quantitative estimate of drug-likeness (QED) is 0.674. The summed E-state index contributed by atoms with van der Waals surface area (Å²) in [5.74, 6) is -0.599. The van der Waals surface area contributed by atoms with Crippen LogP contribution in [0.15, 0.2) is 24.3 Å². The molecule has 3 heteroatoms. The van der Waals surface area contributed by atoms with E-state index in [1.807, 2.05) is 26.8 Å². The maximum Gasteiger partial charge on any atom is 0.307 e. The monoisotopic (exact) mass is 222 g/mol. The number of rotatable bonds is 2. The molecule has 0 saturated carbocycles. The first-order valence-corrected chi connectivity index (χ1v) is 5.46. The molecule has 1 aliphatic rings. The molecule has 0 fully saturated rings. The summed E-state index contributed by atoms with van der Waals surface area (Å²) < 4.78 is 5.18. The Morgan fingerprint density at radius 1 is 1.44 bits per heavy atom. The lowest BCUT2D eigenvalue weighted by molar-refractivity contribution is -0.156. The van der Waals surface area contributed by atoms with Crippen LogP contribution in [0, 0.1) is 5.92 Å². The van der Waals surface area contributed by atoms with E-state index in [4.69, 9.17) is 4.74 Å². The molecule has 16 heavy (non-hydrogen) atoms. The number of hydrogen-bond acceptors (Lipinski definition) is 3. The molecule has 0 heterocycles. The van der Waals surface area contributed by atoms with E-state index < -0.39 is 5.60 Å². The molecule has 0 spiro atoms. The number of carbonyl (C=O) groups excluding carboxylic acids is 2. The maximum absolute atomic E-state index is 11.6. The van der Waals surface area contributed by atoms with Crippen molar-refractivity contribution in [3.8, 4) is 0 Å². The molecular formula is C13H18O3. The Bertz CT molecular complexity index is 332. The molecule has 0 aromatic rings. The lowest BCUT2D eigenvalue weighted by atomic mass is 9.98. The van der Waals surface area contributed by atoms with Crippen LogP contribution in [0.2, 0.25) is 0 Å². The predicted molar refractivity (Wildman–Crippen MR) is 61.9 cm³/mol. The molecule has 0 amide bonds. The second kappa shape index (κ2) is 5.10. The number of ether oxygens (including phenoxy) is 1. The third kappa shape index (κ3) is 4.43. The fourth-order valence-electron chi connectivity index (χ4n) is 1.46. The van der Waals surface area contributed by atoms with Gasteiger partial charge in [-0.05, 0) is 20.8 Å². The van der Waals surface area contributed by atoms with Gasteiger partial charge in [-0.25, -0.2) is 0 Å². The molecule has 88 valence electrons. The smallest absolute Gasteiger partial charge is 0.307 e. The Morgan fingerprint density at radius 3 is 2.75 bits per heavy atom. The molecule has 3 nitrogen and oxygen atoms in total. The van der Waals surface area contributed by atoms with Crippen molar-refractivity contribution in [1.82, 2.24) is 0 Å². The van der Waals surface area contributed by atoms with E-state index in [1.54, 1.807) is 18.2 Å². The number of Topliss-reactive ketones (excluding diaryl/α,β-unsaturated/α-hetero) is 1. The molecule has 0 radical (unpaired) electrons. The van der Waals surface area contributed by atoms with Gasteiger partial charge in [-0.15, -0.1) is 0 Å². The van der Waals surface area contributed by atoms with Gasteiger partial charge >= 0.3 is 5.97 Å². The third-order valence-corrected chi connectivity index (χ3v) is 2.13. The van der Waals surface area contributed by atoms with Gasteiger partial charge in [0.25, 0.3) is 0 Å². The Balaban J connectivity index is 2.54. The first kappa shape index (κ1) is 12.7. The van der Waals surface area contributed by atoms with E-state index in [2.05, 4.69) is 0 Å². The van der Waals surface area contributed by atoms with E-state index in [0.29, 0.717) is 6.42 Å². The van der Waals surface area contributed by atoms with Crippen LogP contribution in [0.25, 0.3) is 0 Å². The average Bonchev–Trinajstić information content (AvgIpc) is 2.29. The van der Waals surface area contributed by atoms with Crippen molar-refractivity contribution in [2.75, 3.05) is 0 Å². The zero-order valence-corrected chi connectivity index (χ0v) is 10.0. The normalized spacial score (nSPS) is 20.7. The van der Waals surface area contributed by atoms with Crippen LogP contribution in [0.3, 0.4) is 0 Å². The number of hydrogen-bond donors (Lipinski definition) is 0. The van der Waals surface area contributed by atoms with Crippen LogP contribution >= 0.6 is 0 Å². The van der Waals surface area contributed by atoms with E-state index in [9.17, 15) is 9.59 Å². The fraction of sp³-hybridized carbons (Fsp3) is 0.538. The molecule has 0 aliphatic heterocycles. The first-order valence-electron chi connectivity index (χ1n) is 5.46. The molecule has 0 aromatic carbocycles. The van der Waals surface area contributed by atoms with Gasteiger partial charge < -0.3 is 4.74 Å². The van der Waals surface area contributed by atoms with Crippen LogP contribution in [-0.2, 0) is 14.3 Å². The summed E-state index contributed by atoms with van der Waals surface area (Å²) in [5.41, 5.74) is -0.493. The van der Waals surface area contributed by atoms with E-state index in [0.717, 1.165) is 0 Å². The second-order valence-corrected chi connectivity index (χ2v) is 4.88. The summed E-state index contributed by atoms with van der Waals surface area (Å²) in [6.45, 7) is 5.45. The molecule has 0 N–H and O–H groups in total. The largest absolute Gasteiger partial charge is 0.460 e. The van der Waals surface area contributed by atoms with E-state index >= 15 is 0 Å². The number of esters is 1. The van der Waals surface area contributed by atoms with Crippen molar-refractivity contribution in [2.45, 2.75) is 39.2 Å². The lowest BCUT2D eigenvalue weighted by Gasteiger charge is -2.20. The molecule has 0 bridgehead atoms. The van der Waals surface area contributed by atoms with Crippen LogP contribution in [0.5, 0.6) is 0 Å². The minimum atomic E-state index is -0.493. The Morgan fingerprint density at radius 2 is 2.12 bits per heavy atom. The van der Waals surface area contributed by atoms with Gasteiger partial charge in [-0.2, -0.15) is 0 Å². The number of ketones is 1. The molecule has 1 rings (SSSR count). The van der Waals surface area contributed by atoms with Crippen LogP contribution in [0.1, 0.15) is 33.6 Å². The van der Waals surface area contributed by atoms with Crippen molar-refractivity contribution >= 4 is 11.8 Å². The number of carbonyl (C=O) groups is 2. The minimum Gasteiger partial charge on any atom is -0.460 e. The summed E-state index contributed by atoms with van der Waals surface area (Å²) in [6.07, 6.45) is 7.71. The van der Waals surface area contributed by atoms with Crippen molar-refractivity contribution in [2.24, 2.45) is 5.92 Å². The topological polar surface area (TPSA) is 43.4 Å². The Labute approximate surface area is 96.2 Å². The standard InChI is InChI=1S/C13H18O3/c1-13(2,3)16-12(15)9-10-7-5-4-6-8-11(10)14/h4-7,10H,8-9H2,1-3H3. The van der Waals surface area contributed by atoms with Crippen molar-refractivity contribution in [1.29, 1.82) is 0 Å². The highest BCUT2D eigenvalue weighted by Crippen LogP contribution is 2.16. The lowest BCUT2D eigenvalue weighted by Crippen LogP contribution is -2.26. The molecule has 1 atom stereocenters. The molecule has 0 saturated heterocycles. The van der Waals surface area contributed by atoms with Crippen molar-refractivity contribution in [3.05, 3.63) is 24.3 Å². The third-order valence-electron chi connectivity index (χ3n) is 2.13. The van der Waals surface area contributed by atoms with E-state index in [-0.39, 0.29) is 24.1 Å². The summed E-state index contributed by atoms with van der Waals surface area (Å²) in [4.78, 5) is 23.2. The van der Waals surface area contributed by atoms with Gasteiger partial charge in [0.05, 0.1) is 6.42 Å². The van der Waals surface area contributed by atoms with Gasteiger partial charge in [-0.1, -0.05) is 24.3 Å². The van der Waals surface area contributed by atoms with Crippen LogP contribution in [-0.4, -0.2) is 17.4 Å². The summed E-state index contributed by atoms with van der Waals surface area (Å²) in [7, 11) is 0. The van der Waals surface area contributed by atoms with E-state index in [1.165, 1.54) is 0 Å². The Hall–Kier alpha value is -1.38. The maximum atomic E-state index is 11.6. The second-order valence-electron chi connectivity index (χ2n) is 4.88. The molecule has 0 aromatic heterocycles. The zero-order valence-electron chi connectivity index (χ0n) is 10.0. The Kier molecular flexibility index (Phi) is 4.05. The highest BCUT2D eigenvalue weighted by Gasteiger charge is 2.23. The van der Waals surface area contributed by atoms with Gasteiger partial charge in [0, 0.05) is 12.3 Å². The minimum absolute atomic E-state index is 0.0656. The molecular weight excluding hydrogens is 204 g/mol. The van der Waals surface area contributed by atoms with Gasteiger partial charge in [-0.3, -0.25) is 9.59 Å². The van der Waals surface area contributed by atoms with Gasteiger partial charge in [0.15, 0.2) is 0 Å². The summed E-state index contributed by atoms with van der Waals surface area (Å²) >= 11 is 0.